The molecule has 2 rings (SSSR count). The van der Waals surface area contributed by atoms with Crippen LogP contribution in [0.1, 0.15) is 5.56 Å². The Hall–Kier alpha value is -0.470. The van der Waals surface area contributed by atoms with Gasteiger partial charge in [0, 0.05) is 26.2 Å². The van der Waals surface area contributed by atoms with Crippen LogP contribution in [0.4, 0.5) is 0 Å². The molecular formula is C10H16N2O3S2. The molecule has 17 heavy (non-hydrogen) atoms. The number of rotatable bonds is 3. The zero-order chi connectivity index (χ0) is 12.5. The first-order valence-corrected chi connectivity index (χ1v) is 7.73. The van der Waals surface area contributed by atoms with E-state index < -0.39 is 10.0 Å². The third kappa shape index (κ3) is 2.69. The molecule has 1 aromatic rings. The lowest BCUT2D eigenvalue weighted by atomic mass is 10.4. The Morgan fingerprint density at radius 3 is 2.53 bits per heavy atom. The van der Waals surface area contributed by atoms with Crippen LogP contribution in [0.3, 0.4) is 0 Å². The van der Waals surface area contributed by atoms with Gasteiger partial charge in [-0.25, -0.2) is 8.42 Å². The van der Waals surface area contributed by atoms with Gasteiger partial charge in [0.15, 0.2) is 0 Å². The lowest BCUT2D eigenvalue weighted by Crippen LogP contribution is -2.46. The van der Waals surface area contributed by atoms with Gasteiger partial charge in [-0.3, -0.25) is 0 Å². The molecule has 0 aromatic carbocycles. The van der Waals surface area contributed by atoms with Gasteiger partial charge in [0.25, 0.3) is 10.0 Å². The number of piperazine rings is 1. The number of sulfonamides is 1. The van der Waals surface area contributed by atoms with E-state index in [2.05, 4.69) is 4.90 Å². The Morgan fingerprint density at radius 1 is 1.35 bits per heavy atom. The molecule has 7 heteroatoms. The second kappa shape index (κ2) is 5.03. The summed E-state index contributed by atoms with van der Waals surface area (Å²) in [4.78, 5) is 2.11. The van der Waals surface area contributed by atoms with Crippen molar-refractivity contribution in [3.63, 3.8) is 0 Å². The van der Waals surface area contributed by atoms with Crippen LogP contribution in [0.15, 0.2) is 15.7 Å². The topological polar surface area (TPSA) is 60.9 Å². The van der Waals surface area contributed by atoms with Gasteiger partial charge < -0.3 is 10.0 Å². The predicted octanol–water partition coefficient (Wildman–Crippen LogP) is 0.177. The van der Waals surface area contributed by atoms with Crippen LogP contribution in [0.2, 0.25) is 0 Å². The highest BCUT2D eigenvalue weighted by Gasteiger charge is 2.28. The van der Waals surface area contributed by atoms with Crippen molar-refractivity contribution in [1.29, 1.82) is 0 Å². The maximum atomic E-state index is 12.3. The Morgan fingerprint density at radius 2 is 2.00 bits per heavy atom. The van der Waals surface area contributed by atoms with Gasteiger partial charge in [-0.1, -0.05) is 0 Å². The number of hydrogen-bond acceptors (Lipinski definition) is 5. The average Bonchev–Trinajstić information content (AvgIpc) is 2.78. The van der Waals surface area contributed by atoms with Gasteiger partial charge in [-0.2, -0.15) is 4.31 Å². The van der Waals surface area contributed by atoms with E-state index in [1.165, 1.54) is 15.6 Å². The summed E-state index contributed by atoms with van der Waals surface area (Å²) in [7, 11) is -1.38. The molecule has 1 N–H and O–H groups in total. The van der Waals surface area contributed by atoms with E-state index in [1.807, 2.05) is 7.05 Å². The SMILES string of the molecule is CN1CCN(S(=O)(=O)c2cc(CO)cs2)CC1. The summed E-state index contributed by atoms with van der Waals surface area (Å²) in [6, 6.07) is 1.55. The molecule has 1 aromatic heterocycles. The molecule has 0 spiro atoms. The maximum Gasteiger partial charge on any atom is 0.252 e. The zero-order valence-corrected chi connectivity index (χ0v) is 11.3. The van der Waals surface area contributed by atoms with E-state index in [-0.39, 0.29) is 6.61 Å². The largest absolute Gasteiger partial charge is 0.392 e. The lowest BCUT2D eigenvalue weighted by Gasteiger charge is -2.31. The Bertz CT molecular complexity index is 475. The van der Waals surface area contributed by atoms with Crippen LogP contribution in [-0.4, -0.2) is 56.0 Å². The molecule has 5 nitrogen and oxygen atoms in total. The van der Waals surface area contributed by atoms with Crippen LogP contribution in [-0.2, 0) is 16.6 Å². The van der Waals surface area contributed by atoms with Gasteiger partial charge in [0.05, 0.1) is 6.61 Å². The van der Waals surface area contributed by atoms with Gasteiger partial charge in [-0.15, -0.1) is 11.3 Å². The van der Waals surface area contributed by atoms with E-state index >= 15 is 0 Å². The number of thiophene rings is 1. The third-order valence-electron chi connectivity index (χ3n) is 2.87. The number of hydrogen-bond donors (Lipinski definition) is 1. The number of aliphatic hydroxyl groups is 1. The van der Waals surface area contributed by atoms with E-state index in [4.69, 9.17) is 5.11 Å². The Labute approximate surface area is 105 Å². The molecule has 2 heterocycles. The minimum atomic E-state index is -3.36. The van der Waals surface area contributed by atoms with E-state index in [0.717, 1.165) is 13.1 Å². The minimum absolute atomic E-state index is 0.116. The minimum Gasteiger partial charge on any atom is -0.392 e. The first kappa shape index (κ1) is 13.0. The predicted molar refractivity (Wildman–Crippen MR) is 66.5 cm³/mol. The molecule has 0 unspecified atom stereocenters. The van der Waals surface area contributed by atoms with Crippen molar-refractivity contribution in [2.45, 2.75) is 10.8 Å². The Kier molecular flexibility index (Phi) is 3.84. The normalized spacial score (nSPS) is 19.6. The van der Waals surface area contributed by atoms with E-state index in [9.17, 15) is 8.42 Å². The first-order valence-electron chi connectivity index (χ1n) is 5.41. The molecule has 1 aliphatic heterocycles. The molecule has 0 bridgehead atoms. The molecule has 0 saturated carbocycles. The highest BCUT2D eigenvalue weighted by atomic mass is 32.2. The highest BCUT2D eigenvalue weighted by molar-refractivity contribution is 7.91. The molecule has 96 valence electrons. The van der Waals surface area contributed by atoms with Crippen LogP contribution < -0.4 is 0 Å². The van der Waals surface area contributed by atoms with Gasteiger partial charge in [-0.05, 0) is 24.1 Å². The fraction of sp³-hybridized carbons (Fsp3) is 0.600. The van der Waals surface area contributed by atoms with E-state index in [1.54, 1.807) is 11.4 Å². The summed E-state index contributed by atoms with van der Waals surface area (Å²) < 4.78 is 26.4. The van der Waals surface area contributed by atoms with Crippen LogP contribution in [0.5, 0.6) is 0 Å². The van der Waals surface area contributed by atoms with Crippen molar-refractivity contribution in [2.24, 2.45) is 0 Å². The van der Waals surface area contributed by atoms with Crippen molar-refractivity contribution in [3.8, 4) is 0 Å². The number of aliphatic hydroxyl groups excluding tert-OH is 1. The van der Waals surface area contributed by atoms with E-state index in [0.29, 0.717) is 22.9 Å². The molecule has 0 amide bonds. The second-order valence-electron chi connectivity index (χ2n) is 4.14. The summed E-state index contributed by atoms with van der Waals surface area (Å²) in [5.41, 5.74) is 0.655. The molecule has 1 fully saturated rings. The molecule has 0 atom stereocenters. The summed E-state index contributed by atoms with van der Waals surface area (Å²) in [6.45, 7) is 2.47. The van der Waals surface area contributed by atoms with Crippen LogP contribution in [0.25, 0.3) is 0 Å². The molecule has 1 aliphatic rings. The number of likely N-dealkylation sites (N-methyl/N-ethyl adjacent to an activating group) is 1. The fourth-order valence-corrected chi connectivity index (χ4v) is 4.50. The first-order chi connectivity index (χ1) is 8.04. The van der Waals surface area contributed by atoms with Crippen LogP contribution in [0, 0.1) is 0 Å². The van der Waals surface area contributed by atoms with Crippen molar-refractivity contribution in [2.75, 3.05) is 33.2 Å². The third-order valence-corrected chi connectivity index (χ3v) is 6.23. The van der Waals surface area contributed by atoms with Gasteiger partial charge >= 0.3 is 0 Å². The molecular weight excluding hydrogens is 260 g/mol. The quantitative estimate of drug-likeness (QED) is 0.855. The summed E-state index contributed by atoms with van der Waals surface area (Å²) in [6.07, 6.45) is 0. The van der Waals surface area contributed by atoms with Crippen molar-refractivity contribution in [3.05, 3.63) is 17.0 Å². The monoisotopic (exact) mass is 276 g/mol. The maximum absolute atomic E-state index is 12.3. The fourth-order valence-electron chi connectivity index (χ4n) is 1.73. The average molecular weight is 276 g/mol. The molecule has 0 aliphatic carbocycles. The van der Waals surface area contributed by atoms with Crippen molar-refractivity contribution < 1.29 is 13.5 Å². The molecule has 1 saturated heterocycles. The molecule has 0 radical (unpaired) electrons. The smallest absolute Gasteiger partial charge is 0.252 e. The Balaban J connectivity index is 2.18. The van der Waals surface area contributed by atoms with Gasteiger partial charge in [0.1, 0.15) is 4.21 Å². The standard InChI is InChI=1S/C10H16N2O3S2/c1-11-2-4-12(5-3-11)17(14,15)10-6-9(7-13)8-16-10/h6,8,13H,2-5,7H2,1H3. The van der Waals surface area contributed by atoms with Gasteiger partial charge in [0.2, 0.25) is 0 Å². The second-order valence-corrected chi connectivity index (χ2v) is 7.22. The van der Waals surface area contributed by atoms with Crippen molar-refractivity contribution >= 4 is 21.4 Å². The van der Waals surface area contributed by atoms with Crippen molar-refractivity contribution in [1.82, 2.24) is 9.21 Å². The summed E-state index contributed by atoms with van der Waals surface area (Å²) >= 11 is 1.17. The van der Waals surface area contributed by atoms with Crippen LogP contribution >= 0.6 is 11.3 Å². The summed E-state index contributed by atoms with van der Waals surface area (Å²) in [5, 5.41) is 10.6. The highest BCUT2D eigenvalue weighted by Crippen LogP contribution is 2.24. The zero-order valence-electron chi connectivity index (χ0n) is 9.66. The number of nitrogens with zero attached hydrogens (tertiary/aromatic N) is 2. The summed E-state index contributed by atoms with van der Waals surface area (Å²) in [5.74, 6) is 0. The lowest BCUT2D eigenvalue weighted by molar-refractivity contribution is 0.222.